The summed E-state index contributed by atoms with van der Waals surface area (Å²) in [5.41, 5.74) is 8.15. The number of carbonyl (C=O) groups is 3. The summed E-state index contributed by atoms with van der Waals surface area (Å²) in [6.07, 6.45) is -0.216. The number of ketones is 2. The van der Waals surface area contributed by atoms with Crippen molar-refractivity contribution in [2.75, 3.05) is 33.1 Å². The Hall–Kier alpha value is -3.89. The second-order valence-corrected chi connectivity index (χ2v) is 10.3. The van der Waals surface area contributed by atoms with Gasteiger partial charge in [0.25, 0.3) is 5.91 Å². The van der Waals surface area contributed by atoms with Crippen molar-refractivity contribution >= 4 is 28.9 Å². The number of benzene rings is 1. The number of amides is 1. The van der Waals surface area contributed by atoms with Crippen LogP contribution >= 0.6 is 0 Å². The van der Waals surface area contributed by atoms with Crippen LogP contribution in [0.3, 0.4) is 0 Å². The molecule has 1 amide bonds. The van der Waals surface area contributed by atoms with Gasteiger partial charge in [-0.1, -0.05) is 5.92 Å². The molecule has 0 spiro atoms. The molecule has 0 saturated heterocycles. The molecule has 0 aromatic heterocycles. The van der Waals surface area contributed by atoms with Crippen molar-refractivity contribution in [2.45, 2.75) is 36.9 Å². The van der Waals surface area contributed by atoms with E-state index in [2.05, 4.69) is 11.8 Å². The summed E-state index contributed by atoms with van der Waals surface area (Å²) < 4.78 is 0. The summed E-state index contributed by atoms with van der Waals surface area (Å²) in [6.45, 7) is 1.61. The lowest BCUT2D eigenvalue weighted by Gasteiger charge is -2.53. The Morgan fingerprint density at radius 2 is 1.84 bits per heavy atom. The number of rotatable bonds is 4. The maximum absolute atomic E-state index is 14.1. The Balaban J connectivity index is 2.10. The van der Waals surface area contributed by atoms with Gasteiger partial charge in [-0.3, -0.25) is 19.3 Å². The first-order valence-electron chi connectivity index (χ1n) is 11.8. The number of aliphatic hydroxyl groups excluding tert-OH is 2. The van der Waals surface area contributed by atoms with Crippen LogP contribution in [-0.4, -0.2) is 83.1 Å². The lowest BCUT2D eigenvalue weighted by atomic mass is 9.55. The SMILES string of the molecule is CC#Cc1cc(N(C)C)c2c(c1ON)C(O)=C1C(=O)[C@]3(O)C(O)=C(C(N)=O)C(=O)[C@@H](N(C)C)[C@@H]3C[C@]1(N)C2. The Bertz CT molecular complexity index is 1420. The molecule has 12 nitrogen and oxygen atoms in total. The Morgan fingerprint density at radius 1 is 1.21 bits per heavy atom. The number of hydrogen-bond donors (Lipinski definition) is 6. The van der Waals surface area contributed by atoms with Crippen molar-refractivity contribution < 1.29 is 34.5 Å². The molecule has 3 aliphatic carbocycles. The molecule has 4 atom stereocenters. The lowest BCUT2D eigenvalue weighted by molar-refractivity contribution is -0.154. The lowest BCUT2D eigenvalue weighted by Crippen LogP contribution is -2.70. The van der Waals surface area contributed by atoms with Crippen LogP contribution in [0.15, 0.2) is 23.0 Å². The van der Waals surface area contributed by atoms with Crippen LogP contribution in [-0.2, 0) is 20.8 Å². The minimum Gasteiger partial charge on any atom is -0.508 e. The van der Waals surface area contributed by atoms with Gasteiger partial charge >= 0.3 is 0 Å². The van der Waals surface area contributed by atoms with Gasteiger partial charge in [0.05, 0.1) is 28.3 Å². The third kappa shape index (κ3) is 3.44. The van der Waals surface area contributed by atoms with Gasteiger partial charge in [0, 0.05) is 25.7 Å². The maximum atomic E-state index is 14.1. The molecule has 3 aliphatic rings. The van der Waals surface area contributed by atoms with Crippen LogP contribution in [0.2, 0.25) is 0 Å². The van der Waals surface area contributed by atoms with Gasteiger partial charge in [-0.15, -0.1) is 5.92 Å². The average Bonchev–Trinajstić information content (AvgIpc) is 2.80. The predicted molar refractivity (Wildman–Crippen MR) is 138 cm³/mol. The third-order valence-electron chi connectivity index (χ3n) is 7.68. The number of anilines is 1. The molecule has 1 aromatic rings. The fourth-order valence-corrected chi connectivity index (χ4v) is 6.13. The van der Waals surface area contributed by atoms with Crippen LogP contribution < -0.4 is 27.1 Å². The summed E-state index contributed by atoms with van der Waals surface area (Å²) in [6, 6.07) is 0.506. The van der Waals surface area contributed by atoms with Gasteiger partial charge in [-0.25, -0.2) is 0 Å². The second-order valence-electron chi connectivity index (χ2n) is 10.3. The van der Waals surface area contributed by atoms with Gasteiger partial charge < -0.3 is 36.5 Å². The molecular formula is C26H31N5O7. The van der Waals surface area contributed by atoms with E-state index in [1.807, 2.05) is 0 Å². The van der Waals surface area contributed by atoms with E-state index in [1.54, 1.807) is 32.0 Å². The first kappa shape index (κ1) is 27.2. The number of aliphatic hydroxyl groups is 3. The highest BCUT2D eigenvalue weighted by Gasteiger charge is 2.67. The highest BCUT2D eigenvalue weighted by Crippen LogP contribution is 2.54. The molecule has 202 valence electrons. The molecule has 12 heteroatoms. The highest BCUT2D eigenvalue weighted by molar-refractivity contribution is 6.24. The number of primary amides is 1. The number of nitrogens with two attached hydrogens (primary N) is 3. The predicted octanol–water partition coefficient (Wildman–Crippen LogP) is -0.970. The van der Waals surface area contributed by atoms with Crippen molar-refractivity contribution in [3.05, 3.63) is 39.7 Å². The first-order valence-corrected chi connectivity index (χ1v) is 11.8. The number of fused-ring (bicyclic) bond motifs is 3. The number of Topliss-reactive ketones (excluding diaryl/α,β-unsaturated/α-hetero) is 2. The van der Waals surface area contributed by atoms with E-state index in [9.17, 15) is 29.7 Å². The van der Waals surface area contributed by atoms with Gasteiger partial charge in [-0.05, 0) is 45.5 Å². The van der Waals surface area contributed by atoms with Crippen LogP contribution in [0.1, 0.15) is 30.0 Å². The minimum atomic E-state index is -2.76. The summed E-state index contributed by atoms with van der Waals surface area (Å²) in [4.78, 5) is 47.8. The van der Waals surface area contributed by atoms with Crippen LogP contribution in [0.5, 0.6) is 5.75 Å². The summed E-state index contributed by atoms with van der Waals surface area (Å²) in [5.74, 6) is 4.86. The fraction of sp³-hybridized carbons (Fsp3) is 0.423. The average molecular weight is 526 g/mol. The zero-order valence-corrected chi connectivity index (χ0v) is 21.7. The Morgan fingerprint density at radius 3 is 2.34 bits per heavy atom. The first-order chi connectivity index (χ1) is 17.7. The quantitative estimate of drug-likeness (QED) is 0.160. The van der Waals surface area contributed by atoms with E-state index in [4.69, 9.17) is 22.2 Å². The summed E-state index contributed by atoms with van der Waals surface area (Å²) in [5, 5.41) is 34.4. The minimum absolute atomic E-state index is 0.00325. The van der Waals surface area contributed by atoms with Gasteiger partial charge in [0.15, 0.2) is 17.1 Å². The van der Waals surface area contributed by atoms with E-state index in [-0.39, 0.29) is 24.2 Å². The molecule has 0 radical (unpaired) electrons. The number of carbonyl (C=O) groups excluding carboxylic acids is 3. The molecule has 0 heterocycles. The maximum Gasteiger partial charge on any atom is 0.255 e. The van der Waals surface area contributed by atoms with Crippen LogP contribution in [0.4, 0.5) is 5.69 Å². The van der Waals surface area contributed by atoms with Gasteiger partial charge in [-0.2, -0.15) is 5.90 Å². The highest BCUT2D eigenvalue weighted by atomic mass is 16.6. The van der Waals surface area contributed by atoms with Gasteiger partial charge in [0.2, 0.25) is 5.78 Å². The molecule has 0 bridgehead atoms. The topological polar surface area (TPSA) is 206 Å². The van der Waals surface area contributed by atoms with Crippen molar-refractivity contribution in [1.82, 2.24) is 4.90 Å². The summed E-state index contributed by atoms with van der Waals surface area (Å²) >= 11 is 0. The van der Waals surface area contributed by atoms with Crippen molar-refractivity contribution in [3.63, 3.8) is 0 Å². The molecule has 4 rings (SSSR count). The monoisotopic (exact) mass is 525 g/mol. The number of nitrogens with zero attached hydrogens (tertiary/aromatic N) is 2. The van der Waals surface area contributed by atoms with Crippen LogP contribution in [0.25, 0.3) is 5.76 Å². The summed E-state index contributed by atoms with van der Waals surface area (Å²) in [7, 11) is 6.62. The number of hydrogen-bond acceptors (Lipinski definition) is 11. The van der Waals surface area contributed by atoms with Crippen LogP contribution in [0, 0.1) is 17.8 Å². The standard InChI is InChI=1S/C26H31N5O7/c1-6-7-11-8-14(30(2)3)12-9-25(28)10-13-18(31(4)5)20(33)16(24(27)36)22(34)26(13,37)23(35)17(25)19(32)15(12)21(11)38-29/h8,13,18,32,34,37H,9-10,28-29H2,1-5H3,(H2,27,36)/t13-,18-,25+,26+/m0/s1. The van der Waals surface area contributed by atoms with Crippen molar-refractivity contribution in [2.24, 2.45) is 23.3 Å². The Kier molecular flexibility index (Phi) is 6.32. The fourth-order valence-electron chi connectivity index (χ4n) is 6.13. The largest absolute Gasteiger partial charge is 0.508 e. The molecule has 1 fully saturated rings. The Labute approximate surface area is 219 Å². The van der Waals surface area contributed by atoms with E-state index in [1.165, 1.54) is 19.0 Å². The second kappa shape index (κ2) is 8.85. The molecule has 0 unspecified atom stereocenters. The van der Waals surface area contributed by atoms with Gasteiger partial charge in [0.1, 0.15) is 17.1 Å². The van der Waals surface area contributed by atoms with E-state index in [0.29, 0.717) is 16.8 Å². The van der Waals surface area contributed by atoms with E-state index >= 15 is 0 Å². The molecule has 1 saturated carbocycles. The molecule has 1 aromatic carbocycles. The zero-order chi connectivity index (χ0) is 28.5. The normalized spacial score (nSPS) is 28.3. The zero-order valence-electron chi connectivity index (χ0n) is 21.7. The molecular weight excluding hydrogens is 494 g/mol. The van der Waals surface area contributed by atoms with Crippen molar-refractivity contribution in [1.29, 1.82) is 0 Å². The third-order valence-corrected chi connectivity index (χ3v) is 7.68. The smallest absolute Gasteiger partial charge is 0.255 e. The van der Waals surface area contributed by atoms with E-state index < -0.39 is 63.2 Å². The molecule has 0 aliphatic heterocycles. The number of likely N-dealkylation sites (N-methyl/N-ethyl adjacent to an activating group) is 1. The molecule has 9 N–H and O–H groups in total. The van der Waals surface area contributed by atoms with E-state index in [0.717, 1.165) is 0 Å². The van der Waals surface area contributed by atoms with Crippen molar-refractivity contribution in [3.8, 4) is 17.6 Å². The molecule has 38 heavy (non-hydrogen) atoms.